The zero-order valence-corrected chi connectivity index (χ0v) is 45.2. The van der Waals surface area contributed by atoms with E-state index in [-0.39, 0.29) is 38.6 Å². The summed E-state index contributed by atoms with van der Waals surface area (Å²) in [4.78, 5) is 35.0. The highest BCUT2D eigenvalue weighted by Gasteiger charge is 2.26. The first-order valence-corrected chi connectivity index (χ1v) is 30.1. The number of hydrogen-bond donors (Lipinski definition) is 2. The molecule has 0 heterocycles. The van der Waals surface area contributed by atoms with E-state index < -0.39 is 26.5 Å². The number of hydrogen-bond acceptors (Lipinski definition) is 8. The Balaban J connectivity index is 3.79. The Morgan fingerprint density at radius 2 is 0.809 bits per heavy atom. The van der Waals surface area contributed by atoms with Crippen molar-refractivity contribution in [2.75, 3.05) is 26.4 Å². The Bertz CT molecular complexity index is 1250. The zero-order valence-electron chi connectivity index (χ0n) is 44.3. The topological polar surface area (TPSA) is 134 Å². The van der Waals surface area contributed by atoms with Gasteiger partial charge in [0.25, 0.3) is 0 Å². The van der Waals surface area contributed by atoms with Crippen molar-refractivity contribution in [2.45, 2.75) is 283 Å². The van der Waals surface area contributed by atoms with Gasteiger partial charge in [0.05, 0.1) is 13.2 Å². The van der Waals surface area contributed by atoms with Crippen molar-refractivity contribution in [3.63, 3.8) is 0 Å². The molecule has 0 radical (unpaired) electrons. The minimum absolute atomic E-state index is 0.0557. The van der Waals surface area contributed by atoms with Crippen LogP contribution < -0.4 is 5.73 Å². The van der Waals surface area contributed by atoms with Crippen LogP contribution >= 0.6 is 7.82 Å². The largest absolute Gasteiger partial charge is 0.472 e. The van der Waals surface area contributed by atoms with Gasteiger partial charge >= 0.3 is 19.8 Å². The van der Waals surface area contributed by atoms with Crippen LogP contribution in [0, 0.1) is 0 Å². The van der Waals surface area contributed by atoms with Gasteiger partial charge in [-0.3, -0.25) is 18.6 Å². The molecule has 398 valence electrons. The van der Waals surface area contributed by atoms with Crippen molar-refractivity contribution in [3.05, 3.63) is 48.6 Å². The van der Waals surface area contributed by atoms with E-state index in [1.165, 1.54) is 186 Å². The van der Waals surface area contributed by atoms with Gasteiger partial charge in [-0.05, 0) is 51.4 Å². The molecule has 0 amide bonds. The van der Waals surface area contributed by atoms with Crippen molar-refractivity contribution in [1.29, 1.82) is 0 Å². The van der Waals surface area contributed by atoms with Crippen LogP contribution in [0.25, 0.3) is 0 Å². The summed E-state index contributed by atoms with van der Waals surface area (Å²) >= 11 is 0. The number of rotatable bonds is 54. The number of allylic oxidation sites excluding steroid dienone is 8. The molecule has 0 rings (SSSR count). The van der Waals surface area contributed by atoms with Crippen LogP contribution in [0.1, 0.15) is 277 Å². The van der Waals surface area contributed by atoms with Gasteiger partial charge in [0, 0.05) is 19.4 Å². The second-order valence-electron chi connectivity index (χ2n) is 19.1. The lowest BCUT2D eigenvalue weighted by Crippen LogP contribution is -2.29. The van der Waals surface area contributed by atoms with E-state index in [1.807, 2.05) is 0 Å². The third kappa shape index (κ3) is 53.3. The minimum atomic E-state index is -4.38. The molecule has 68 heavy (non-hydrogen) atoms. The zero-order chi connectivity index (χ0) is 49.5. The minimum Gasteiger partial charge on any atom is -0.462 e. The maximum absolute atomic E-state index is 12.7. The summed E-state index contributed by atoms with van der Waals surface area (Å²) in [5.74, 6) is -0.814. The molecule has 0 aromatic carbocycles. The molecule has 2 unspecified atom stereocenters. The van der Waals surface area contributed by atoms with Crippen LogP contribution in [0.3, 0.4) is 0 Å². The molecule has 0 bridgehead atoms. The second-order valence-corrected chi connectivity index (χ2v) is 20.6. The molecule has 10 heteroatoms. The molecule has 0 spiro atoms. The number of nitrogens with two attached hydrogens (primary N) is 1. The monoisotopic (exact) mass is 978 g/mol. The average molecular weight is 978 g/mol. The first-order valence-electron chi connectivity index (χ1n) is 28.6. The highest BCUT2D eigenvalue weighted by Crippen LogP contribution is 2.43. The molecular weight excluding hydrogens is 870 g/mol. The number of unbranched alkanes of at least 4 members (excludes halogenated alkanes) is 33. The van der Waals surface area contributed by atoms with Gasteiger partial charge in [0.2, 0.25) is 0 Å². The van der Waals surface area contributed by atoms with Gasteiger partial charge in [-0.1, -0.05) is 262 Å². The first-order chi connectivity index (χ1) is 33.3. The first kappa shape index (κ1) is 66.0. The molecule has 0 saturated heterocycles. The van der Waals surface area contributed by atoms with Crippen molar-refractivity contribution in [3.8, 4) is 0 Å². The summed E-state index contributed by atoms with van der Waals surface area (Å²) in [5, 5.41) is 0. The number of esters is 2. The van der Waals surface area contributed by atoms with Gasteiger partial charge in [0.1, 0.15) is 6.61 Å². The Morgan fingerprint density at radius 1 is 0.456 bits per heavy atom. The van der Waals surface area contributed by atoms with Crippen molar-refractivity contribution in [1.82, 2.24) is 0 Å². The van der Waals surface area contributed by atoms with E-state index in [4.69, 9.17) is 24.3 Å². The van der Waals surface area contributed by atoms with Crippen LogP contribution in [0.15, 0.2) is 48.6 Å². The fraction of sp³-hybridized carbons (Fsp3) is 0.828. The summed E-state index contributed by atoms with van der Waals surface area (Å²) in [6.07, 6.45) is 66.2. The Morgan fingerprint density at radius 3 is 1.21 bits per heavy atom. The van der Waals surface area contributed by atoms with Crippen molar-refractivity contribution in [2.24, 2.45) is 5.73 Å². The van der Waals surface area contributed by atoms with E-state index in [0.29, 0.717) is 6.42 Å². The van der Waals surface area contributed by atoms with E-state index >= 15 is 0 Å². The van der Waals surface area contributed by atoms with Gasteiger partial charge in [-0.15, -0.1) is 0 Å². The molecule has 0 fully saturated rings. The summed E-state index contributed by atoms with van der Waals surface area (Å²) in [5.41, 5.74) is 5.37. The number of phosphoric ester groups is 1. The molecule has 9 nitrogen and oxygen atoms in total. The number of carbonyl (C=O) groups is 2. The lowest BCUT2D eigenvalue weighted by atomic mass is 10.0. The van der Waals surface area contributed by atoms with E-state index in [9.17, 15) is 19.0 Å². The maximum atomic E-state index is 12.7. The molecule has 0 aromatic heterocycles. The van der Waals surface area contributed by atoms with E-state index in [2.05, 4.69) is 62.5 Å². The molecular formula is C58H108NO8P. The van der Waals surface area contributed by atoms with Crippen LogP contribution in [-0.2, 0) is 32.7 Å². The molecule has 0 aliphatic rings. The highest BCUT2D eigenvalue weighted by molar-refractivity contribution is 7.47. The molecule has 2 atom stereocenters. The summed E-state index contributed by atoms with van der Waals surface area (Å²) < 4.78 is 32.9. The van der Waals surface area contributed by atoms with Crippen molar-refractivity contribution >= 4 is 19.8 Å². The maximum Gasteiger partial charge on any atom is 0.472 e. The predicted octanol–water partition coefficient (Wildman–Crippen LogP) is 17.8. The van der Waals surface area contributed by atoms with E-state index in [1.54, 1.807) is 0 Å². The SMILES string of the molecule is CC/C=C\C/C=C\C/C=C\C/C=C\CCCCCCCCCCCCCCCCCCCCCCCCC(=O)OC(COC(=O)CCCCCCCCCCCCCC)COP(=O)(O)OCCN. The van der Waals surface area contributed by atoms with Crippen LogP contribution in [0.4, 0.5) is 0 Å². The summed E-state index contributed by atoms with van der Waals surface area (Å²) in [7, 11) is -4.38. The Kier molecular flexibility index (Phi) is 52.7. The summed E-state index contributed by atoms with van der Waals surface area (Å²) in [6, 6.07) is 0. The highest BCUT2D eigenvalue weighted by atomic mass is 31.2. The third-order valence-electron chi connectivity index (χ3n) is 12.5. The Labute approximate surface area is 419 Å². The smallest absolute Gasteiger partial charge is 0.462 e. The number of phosphoric acid groups is 1. The average Bonchev–Trinajstić information content (AvgIpc) is 3.33. The molecule has 0 aromatic rings. The molecule has 0 aliphatic carbocycles. The Hall–Kier alpha value is -2.03. The predicted molar refractivity (Wildman–Crippen MR) is 289 cm³/mol. The van der Waals surface area contributed by atoms with E-state index in [0.717, 1.165) is 57.8 Å². The van der Waals surface area contributed by atoms with Crippen LogP contribution in [0.2, 0.25) is 0 Å². The number of ether oxygens (including phenoxy) is 2. The normalized spacial score (nSPS) is 13.4. The van der Waals surface area contributed by atoms with Crippen LogP contribution in [-0.4, -0.2) is 49.3 Å². The standard InChI is InChI=1S/C58H108NO8P/c1-3-5-7-9-11-13-15-17-18-19-20-21-22-23-24-25-26-27-28-29-30-31-32-33-34-35-36-37-38-39-41-43-45-47-49-51-58(61)67-56(55-66-68(62,63)65-53-52-59)54-64-57(60)50-48-46-44-42-40-16-14-12-10-8-6-4-2/h5,7,11,13,17-18,20-21,56H,3-4,6,8-10,12,14-16,19,22-55,59H2,1-2H3,(H,62,63)/b7-5-,13-11-,18-17-,21-20-. The summed E-state index contributed by atoms with van der Waals surface area (Å²) in [6.45, 7) is 3.66. The van der Waals surface area contributed by atoms with Gasteiger partial charge in [0.15, 0.2) is 6.10 Å². The lowest BCUT2D eigenvalue weighted by Gasteiger charge is -2.19. The molecule has 0 aliphatic heterocycles. The van der Waals surface area contributed by atoms with Crippen molar-refractivity contribution < 1.29 is 37.6 Å². The fourth-order valence-corrected chi connectivity index (χ4v) is 9.04. The molecule has 0 saturated carbocycles. The quantitative estimate of drug-likeness (QED) is 0.0264. The fourth-order valence-electron chi connectivity index (χ4n) is 8.28. The third-order valence-corrected chi connectivity index (χ3v) is 13.5. The molecule has 3 N–H and O–H groups in total. The van der Waals surface area contributed by atoms with Gasteiger partial charge in [-0.25, -0.2) is 4.57 Å². The lowest BCUT2D eigenvalue weighted by molar-refractivity contribution is -0.161. The van der Waals surface area contributed by atoms with Gasteiger partial charge < -0.3 is 20.1 Å². The van der Waals surface area contributed by atoms with Gasteiger partial charge in [-0.2, -0.15) is 0 Å². The number of carbonyl (C=O) groups excluding carboxylic acids is 2. The van der Waals surface area contributed by atoms with Crippen LogP contribution in [0.5, 0.6) is 0 Å². The second kappa shape index (κ2) is 54.3.